The van der Waals surface area contributed by atoms with Gasteiger partial charge in [-0.05, 0) is 13.0 Å². The highest BCUT2D eigenvalue weighted by atomic mass is 15.1. The van der Waals surface area contributed by atoms with Crippen molar-refractivity contribution in [3.63, 3.8) is 0 Å². The molecule has 0 aliphatic carbocycles. The molecule has 0 saturated carbocycles. The molecule has 0 N–H and O–H groups in total. The van der Waals surface area contributed by atoms with Gasteiger partial charge < -0.3 is 4.57 Å². The highest BCUT2D eigenvalue weighted by Crippen LogP contribution is 2.09. The lowest BCUT2D eigenvalue weighted by Gasteiger charge is -1.92. The van der Waals surface area contributed by atoms with Gasteiger partial charge in [0.2, 0.25) is 0 Å². The fourth-order valence-corrected chi connectivity index (χ4v) is 1.09. The Morgan fingerprint density at radius 3 is 3.09 bits per heavy atom. The molecule has 0 bridgehead atoms. The molecule has 0 saturated heterocycles. The molecule has 55 valence electrons. The van der Waals surface area contributed by atoms with Crippen LogP contribution in [-0.4, -0.2) is 14.5 Å². The third-order valence-corrected chi connectivity index (χ3v) is 1.80. The van der Waals surface area contributed by atoms with Crippen molar-refractivity contribution in [1.82, 2.24) is 14.5 Å². The van der Waals surface area contributed by atoms with E-state index in [-0.39, 0.29) is 0 Å². The second-order valence-electron chi connectivity index (χ2n) is 2.50. The van der Waals surface area contributed by atoms with Gasteiger partial charge in [0.25, 0.3) is 0 Å². The molecule has 2 rings (SSSR count). The third kappa shape index (κ3) is 0.808. The summed E-state index contributed by atoms with van der Waals surface area (Å²) in [4.78, 5) is 8.43. The van der Waals surface area contributed by atoms with Crippen LogP contribution < -0.4 is 0 Å². The number of rotatable bonds is 0. The van der Waals surface area contributed by atoms with E-state index in [2.05, 4.69) is 16.0 Å². The number of hydrogen-bond acceptors (Lipinski definition) is 2. The van der Waals surface area contributed by atoms with Crippen molar-refractivity contribution in [2.24, 2.45) is 7.05 Å². The largest absolute Gasteiger partial charge is 0.316 e. The van der Waals surface area contributed by atoms with Crippen molar-refractivity contribution in [1.29, 1.82) is 0 Å². The topological polar surface area (TPSA) is 30.7 Å². The van der Waals surface area contributed by atoms with Crippen LogP contribution in [0.2, 0.25) is 0 Å². The Bertz CT molecular complexity index is 389. The van der Waals surface area contributed by atoms with Crippen LogP contribution in [0.4, 0.5) is 0 Å². The molecule has 0 aliphatic rings. The fourth-order valence-electron chi connectivity index (χ4n) is 1.09. The van der Waals surface area contributed by atoms with E-state index in [1.807, 2.05) is 24.6 Å². The average Bonchev–Trinajstić information content (AvgIpc) is 2.30. The lowest BCUT2D eigenvalue weighted by molar-refractivity contribution is 0.874. The number of aromatic nitrogens is 3. The normalized spacial score (nSPS) is 10.7. The van der Waals surface area contributed by atoms with Gasteiger partial charge in [0, 0.05) is 19.3 Å². The maximum Gasteiger partial charge on any atom is 0.159 e. The molecule has 3 nitrogen and oxygen atoms in total. The summed E-state index contributed by atoms with van der Waals surface area (Å²) in [5, 5.41) is 0. The molecule has 2 aromatic heterocycles. The SMILES string of the molecule is Cc1nc2c[c]cnc2n1C. The van der Waals surface area contributed by atoms with E-state index < -0.39 is 0 Å². The van der Waals surface area contributed by atoms with E-state index in [0.29, 0.717) is 0 Å². The zero-order valence-corrected chi connectivity index (χ0v) is 6.50. The monoisotopic (exact) mass is 146 g/mol. The van der Waals surface area contributed by atoms with Gasteiger partial charge >= 0.3 is 0 Å². The molecular formula is C8H8N3. The first-order chi connectivity index (χ1) is 5.29. The third-order valence-electron chi connectivity index (χ3n) is 1.80. The van der Waals surface area contributed by atoms with Crippen LogP contribution in [0, 0.1) is 13.0 Å². The van der Waals surface area contributed by atoms with Crippen LogP contribution in [0.5, 0.6) is 0 Å². The standard InChI is InChI=1S/C8H8N3/c1-6-10-7-4-3-5-9-8(7)11(6)2/h4-5H,1-2H3. The molecule has 11 heavy (non-hydrogen) atoms. The van der Waals surface area contributed by atoms with Gasteiger partial charge in [-0.2, -0.15) is 0 Å². The quantitative estimate of drug-likeness (QED) is 0.556. The van der Waals surface area contributed by atoms with Crippen LogP contribution in [0.15, 0.2) is 12.3 Å². The first-order valence-corrected chi connectivity index (χ1v) is 3.44. The van der Waals surface area contributed by atoms with E-state index in [4.69, 9.17) is 0 Å². The predicted octanol–water partition coefficient (Wildman–Crippen LogP) is 1.08. The number of hydrogen-bond donors (Lipinski definition) is 0. The lowest BCUT2D eigenvalue weighted by Crippen LogP contribution is -1.91. The van der Waals surface area contributed by atoms with E-state index in [9.17, 15) is 0 Å². The molecule has 0 unspecified atom stereocenters. The number of nitrogens with zero attached hydrogens (tertiary/aromatic N) is 3. The fraction of sp³-hybridized carbons (Fsp3) is 0.250. The van der Waals surface area contributed by atoms with Crippen LogP contribution >= 0.6 is 0 Å². The Labute approximate surface area is 64.7 Å². The van der Waals surface area contributed by atoms with Crippen LogP contribution in [-0.2, 0) is 7.05 Å². The van der Waals surface area contributed by atoms with Crippen molar-refractivity contribution in [2.45, 2.75) is 6.92 Å². The molecule has 0 atom stereocenters. The van der Waals surface area contributed by atoms with E-state index in [0.717, 1.165) is 17.0 Å². The van der Waals surface area contributed by atoms with E-state index >= 15 is 0 Å². The molecule has 0 aliphatic heterocycles. The number of imidazole rings is 1. The van der Waals surface area contributed by atoms with Gasteiger partial charge in [0.05, 0.1) is 0 Å². The second kappa shape index (κ2) is 2.05. The van der Waals surface area contributed by atoms with Gasteiger partial charge in [-0.1, -0.05) is 0 Å². The van der Waals surface area contributed by atoms with Gasteiger partial charge in [-0.25, -0.2) is 9.97 Å². The Morgan fingerprint density at radius 2 is 2.36 bits per heavy atom. The average molecular weight is 146 g/mol. The number of aryl methyl sites for hydroxylation is 2. The van der Waals surface area contributed by atoms with Crippen molar-refractivity contribution >= 4 is 11.2 Å². The summed E-state index contributed by atoms with van der Waals surface area (Å²) in [5.41, 5.74) is 1.83. The zero-order valence-electron chi connectivity index (χ0n) is 6.50. The molecule has 0 amide bonds. The molecule has 2 heterocycles. The highest BCUT2D eigenvalue weighted by molar-refractivity contribution is 5.70. The molecule has 0 spiro atoms. The highest BCUT2D eigenvalue weighted by Gasteiger charge is 2.01. The smallest absolute Gasteiger partial charge is 0.159 e. The zero-order chi connectivity index (χ0) is 7.84. The van der Waals surface area contributed by atoms with Gasteiger partial charge in [0.1, 0.15) is 11.3 Å². The maximum atomic E-state index is 4.28. The molecule has 3 heteroatoms. The number of fused-ring (bicyclic) bond motifs is 1. The Hall–Kier alpha value is -1.38. The number of pyridine rings is 1. The Morgan fingerprint density at radius 1 is 1.55 bits per heavy atom. The van der Waals surface area contributed by atoms with Crippen molar-refractivity contribution in [2.75, 3.05) is 0 Å². The van der Waals surface area contributed by atoms with Crippen molar-refractivity contribution in [3.8, 4) is 0 Å². The molecule has 1 radical (unpaired) electrons. The van der Waals surface area contributed by atoms with Crippen LogP contribution in [0.1, 0.15) is 5.82 Å². The van der Waals surface area contributed by atoms with Crippen LogP contribution in [0.3, 0.4) is 0 Å². The summed E-state index contributed by atoms with van der Waals surface area (Å²) in [6.07, 6.45) is 1.66. The Kier molecular flexibility index (Phi) is 1.18. The molecule has 2 aromatic rings. The van der Waals surface area contributed by atoms with E-state index in [1.165, 1.54) is 0 Å². The van der Waals surface area contributed by atoms with Crippen molar-refractivity contribution < 1.29 is 0 Å². The second-order valence-corrected chi connectivity index (χ2v) is 2.50. The maximum absolute atomic E-state index is 4.28. The molecule has 0 fully saturated rings. The summed E-state index contributed by atoms with van der Waals surface area (Å²) >= 11 is 0. The first-order valence-electron chi connectivity index (χ1n) is 3.44. The summed E-state index contributed by atoms with van der Waals surface area (Å²) in [7, 11) is 1.96. The summed E-state index contributed by atoms with van der Waals surface area (Å²) in [6, 6.07) is 4.73. The minimum Gasteiger partial charge on any atom is -0.316 e. The van der Waals surface area contributed by atoms with Crippen LogP contribution in [0.25, 0.3) is 11.2 Å². The molecular weight excluding hydrogens is 138 g/mol. The van der Waals surface area contributed by atoms with Gasteiger partial charge in [-0.15, -0.1) is 0 Å². The van der Waals surface area contributed by atoms with Gasteiger partial charge in [-0.3, -0.25) is 0 Å². The minimum absolute atomic E-state index is 0.910. The lowest BCUT2D eigenvalue weighted by atomic mass is 10.4. The Balaban J connectivity index is 2.92. The summed E-state index contributed by atoms with van der Waals surface area (Å²) in [6.45, 7) is 1.96. The minimum atomic E-state index is 0.910. The van der Waals surface area contributed by atoms with Gasteiger partial charge in [0.15, 0.2) is 5.65 Å². The van der Waals surface area contributed by atoms with E-state index in [1.54, 1.807) is 6.20 Å². The predicted molar refractivity (Wildman–Crippen MR) is 42.1 cm³/mol. The summed E-state index contributed by atoms with van der Waals surface area (Å²) in [5.74, 6) is 0.979. The first kappa shape index (κ1) is 6.34. The molecule has 0 aromatic carbocycles. The summed E-state index contributed by atoms with van der Waals surface area (Å²) < 4.78 is 1.96. The van der Waals surface area contributed by atoms with Crippen molar-refractivity contribution in [3.05, 3.63) is 24.2 Å².